The molecule has 0 spiro atoms. The number of aryl methyl sites for hydroxylation is 1. The predicted octanol–water partition coefficient (Wildman–Crippen LogP) is 4.01. The first-order valence-electron chi connectivity index (χ1n) is 7.10. The largest absolute Gasteiger partial charge is 0.326 e. The van der Waals surface area contributed by atoms with Crippen molar-refractivity contribution in [1.82, 2.24) is 0 Å². The minimum atomic E-state index is 0.182. The van der Waals surface area contributed by atoms with Crippen LogP contribution in [0.4, 0.5) is 5.69 Å². The second-order valence-corrected chi connectivity index (χ2v) is 5.46. The molecule has 1 N–H and O–H groups in total. The van der Waals surface area contributed by atoms with E-state index in [0.717, 1.165) is 18.5 Å². The number of nitrogens with one attached hydrogen (secondary N) is 1. The lowest BCUT2D eigenvalue weighted by molar-refractivity contribution is -0.117. The van der Waals surface area contributed by atoms with E-state index in [4.69, 9.17) is 0 Å². The second-order valence-electron chi connectivity index (χ2n) is 5.46. The second kappa shape index (κ2) is 6.03. The molecule has 1 aliphatic carbocycles. The highest BCUT2D eigenvalue weighted by molar-refractivity contribution is 5.94. The molecule has 0 saturated heterocycles. The standard InChI is InChI=1S/C16H23NO/c1-3-4-5-6-13-7-9-14(10-8-13)17-16(18)15-11-12(15)2/h7-10,12,15H,3-6,11H2,1-2H3,(H,17,18). The summed E-state index contributed by atoms with van der Waals surface area (Å²) in [6.45, 7) is 4.35. The van der Waals surface area contributed by atoms with Crippen LogP contribution < -0.4 is 5.32 Å². The first-order chi connectivity index (χ1) is 8.70. The zero-order valence-corrected chi connectivity index (χ0v) is 11.4. The van der Waals surface area contributed by atoms with E-state index in [1.807, 2.05) is 12.1 Å². The fourth-order valence-electron chi connectivity index (χ4n) is 2.26. The van der Waals surface area contributed by atoms with E-state index in [2.05, 4.69) is 31.3 Å². The molecule has 2 rings (SSSR count). The third kappa shape index (κ3) is 3.59. The molecule has 1 saturated carbocycles. The van der Waals surface area contributed by atoms with Crippen molar-refractivity contribution in [2.45, 2.75) is 46.0 Å². The average molecular weight is 245 g/mol. The number of rotatable bonds is 6. The number of benzene rings is 1. The number of amides is 1. The Morgan fingerprint density at radius 3 is 2.50 bits per heavy atom. The molecule has 1 amide bonds. The van der Waals surface area contributed by atoms with E-state index in [-0.39, 0.29) is 11.8 Å². The Morgan fingerprint density at radius 2 is 1.94 bits per heavy atom. The Hall–Kier alpha value is -1.31. The first-order valence-corrected chi connectivity index (χ1v) is 7.10. The average Bonchev–Trinajstić information content (AvgIpc) is 3.09. The smallest absolute Gasteiger partial charge is 0.227 e. The summed E-state index contributed by atoms with van der Waals surface area (Å²) in [7, 11) is 0. The SMILES string of the molecule is CCCCCc1ccc(NC(=O)C2CC2C)cc1. The van der Waals surface area contributed by atoms with Gasteiger partial charge in [-0.1, -0.05) is 38.8 Å². The molecule has 2 heteroatoms. The normalized spacial score (nSPS) is 21.7. The molecule has 2 nitrogen and oxygen atoms in total. The summed E-state index contributed by atoms with van der Waals surface area (Å²) < 4.78 is 0. The minimum Gasteiger partial charge on any atom is -0.326 e. The first kappa shape index (κ1) is 13.1. The van der Waals surface area contributed by atoms with Crippen molar-refractivity contribution < 1.29 is 4.79 Å². The molecule has 18 heavy (non-hydrogen) atoms. The van der Waals surface area contributed by atoms with Gasteiger partial charge in [-0.25, -0.2) is 0 Å². The van der Waals surface area contributed by atoms with Crippen molar-refractivity contribution in [3.63, 3.8) is 0 Å². The van der Waals surface area contributed by atoms with Gasteiger partial charge in [0.25, 0.3) is 0 Å². The highest BCUT2D eigenvalue weighted by Gasteiger charge is 2.38. The highest BCUT2D eigenvalue weighted by Crippen LogP contribution is 2.38. The Kier molecular flexibility index (Phi) is 4.40. The molecule has 1 fully saturated rings. The Morgan fingerprint density at radius 1 is 1.28 bits per heavy atom. The number of anilines is 1. The van der Waals surface area contributed by atoms with E-state index >= 15 is 0 Å². The topological polar surface area (TPSA) is 29.1 Å². The van der Waals surface area contributed by atoms with Crippen molar-refractivity contribution in [2.75, 3.05) is 5.32 Å². The summed E-state index contributed by atoms with van der Waals surface area (Å²) in [5, 5.41) is 2.99. The van der Waals surface area contributed by atoms with Gasteiger partial charge in [0, 0.05) is 11.6 Å². The maximum Gasteiger partial charge on any atom is 0.227 e. The molecule has 0 aromatic heterocycles. The van der Waals surface area contributed by atoms with E-state index in [1.54, 1.807) is 0 Å². The van der Waals surface area contributed by atoms with E-state index in [9.17, 15) is 4.79 Å². The fourth-order valence-corrected chi connectivity index (χ4v) is 2.26. The number of carbonyl (C=O) groups excluding carboxylic acids is 1. The molecule has 1 aliphatic rings. The monoisotopic (exact) mass is 245 g/mol. The van der Waals surface area contributed by atoms with Crippen LogP contribution in [0.25, 0.3) is 0 Å². The molecular weight excluding hydrogens is 222 g/mol. The van der Waals surface area contributed by atoms with E-state index in [1.165, 1.54) is 24.8 Å². The number of unbranched alkanes of at least 4 members (excludes halogenated alkanes) is 2. The zero-order valence-electron chi connectivity index (χ0n) is 11.4. The van der Waals surface area contributed by atoms with Gasteiger partial charge in [0.2, 0.25) is 5.91 Å². The van der Waals surface area contributed by atoms with Crippen molar-refractivity contribution in [1.29, 1.82) is 0 Å². The van der Waals surface area contributed by atoms with E-state index in [0.29, 0.717) is 5.92 Å². The molecule has 2 atom stereocenters. The van der Waals surface area contributed by atoms with Crippen LogP contribution in [0.2, 0.25) is 0 Å². The van der Waals surface area contributed by atoms with Crippen molar-refractivity contribution >= 4 is 11.6 Å². The van der Waals surface area contributed by atoms with Crippen LogP contribution >= 0.6 is 0 Å². The summed E-state index contributed by atoms with van der Waals surface area (Å²) in [5.41, 5.74) is 2.29. The van der Waals surface area contributed by atoms with Gasteiger partial charge >= 0.3 is 0 Å². The molecule has 98 valence electrons. The van der Waals surface area contributed by atoms with Crippen LogP contribution in [0.5, 0.6) is 0 Å². The van der Waals surface area contributed by atoms with Gasteiger partial charge in [0.05, 0.1) is 0 Å². The van der Waals surface area contributed by atoms with Crippen molar-refractivity contribution in [3.8, 4) is 0 Å². The molecule has 2 unspecified atom stereocenters. The summed E-state index contributed by atoms with van der Waals surface area (Å²) in [5.74, 6) is 0.994. The zero-order chi connectivity index (χ0) is 13.0. The third-order valence-corrected chi connectivity index (χ3v) is 3.74. The maximum absolute atomic E-state index is 11.8. The Balaban J connectivity index is 1.81. The minimum absolute atomic E-state index is 0.182. The van der Waals surface area contributed by atoms with Gasteiger partial charge in [-0.15, -0.1) is 0 Å². The third-order valence-electron chi connectivity index (χ3n) is 3.74. The van der Waals surface area contributed by atoms with Crippen LogP contribution in [-0.2, 0) is 11.2 Å². The maximum atomic E-state index is 11.8. The summed E-state index contributed by atoms with van der Waals surface area (Å²) >= 11 is 0. The summed E-state index contributed by atoms with van der Waals surface area (Å²) in [4.78, 5) is 11.8. The number of hydrogen-bond donors (Lipinski definition) is 1. The van der Waals surface area contributed by atoms with Gasteiger partial charge in [-0.05, 0) is 42.9 Å². The van der Waals surface area contributed by atoms with E-state index < -0.39 is 0 Å². The molecule has 0 heterocycles. The number of carbonyl (C=O) groups is 1. The molecule has 1 aromatic rings. The lowest BCUT2D eigenvalue weighted by Gasteiger charge is -2.06. The molecule has 0 aliphatic heterocycles. The fraction of sp³-hybridized carbons (Fsp3) is 0.562. The number of hydrogen-bond acceptors (Lipinski definition) is 1. The summed E-state index contributed by atoms with van der Waals surface area (Å²) in [6.07, 6.45) is 5.98. The molecular formula is C16H23NO. The molecule has 0 bridgehead atoms. The van der Waals surface area contributed by atoms with Crippen LogP contribution in [-0.4, -0.2) is 5.91 Å². The highest BCUT2D eigenvalue weighted by atomic mass is 16.2. The van der Waals surface area contributed by atoms with Crippen LogP contribution in [0.15, 0.2) is 24.3 Å². The summed E-state index contributed by atoms with van der Waals surface area (Å²) in [6, 6.07) is 8.29. The van der Waals surface area contributed by atoms with Crippen LogP contribution in [0, 0.1) is 11.8 Å². The lowest BCUT2D eigenvalue weighted by Crippen LogP contribution is -2.14. The van der Waals surface area contributed by atoms with Crippen molar-refractivity contribution in [2.24, 2.45) is 11.8 Å². The van der Waals surface area contributed by atoms with Gasteiger partial charge in [0.15, 0.2) is 0 Å². The van der Waals surface area contributed by atoms with Crippen LogP contribution in [0.3, 0.4) is 0 Å². The molecule has 0 radical (unpaired) electrons. The predicted molar refractivity (Wildman–Crippen MR) is 75.6 cm³/mol. The quantitative estimate of drug-likeness (QED) is 0.754. The lowest BCUT2D eigenvalue weighted by atomic mass is 10.1. The van der Waals surface area contributed by atoms with Crippen molar-refractivity contribution in [3.05, 3.63) is 29.8 Å². The Labute approximate surface area is 110 Å². The Bertz CT molecular complexity index is 396. The van der Waals surface area contributed by atoms with Gasteiger partial charge in [-0.3, -0.25) is 4.79 Å². The van der Waals surface area contributed by atoms with Gasteiger partial charge in [0.1, 0.15) is 0 Å². The van der Waals surface area contributed by atoms with Gasteiger partial charge in [-0.2, -0.15) is 0 Å². The van der Waals surface area contributed by atoms with Crippen LogP contribution in [0.1, 0.15) is 45.1 Å². The van der Waals surface area contributed by atoms with Gasteiger partial charge < -0.3 is 5.32 Å². The molecule has 1 aromatic carbocycles.